The molecule has 4 N–H and O–H groups in total. The fourth-order valence-corrected chi connectivity index (χ4v) is 2.48. The number of benzene rings is 1. The highest BCUT2D eigenvalue weighted by molar-refractivity contribution is 5.92. The van der Waals surface area contributed by atoms with Crippen LogP contribution in [0.2, 0.25) is 0 Å². The Labute approximate surface area is 144 Å². The summed E-state index contributed by atoms with van der Waals surface area (Å²) in [5, 5.41) is 22.9. The predicted molar refractivity (Wildman–Crippen MR) is 91.9 cm³/mol. The topological polar surface area (TPSA) is 125 Å². The van der Waals surface area contributed by atoms with Crippen LogP contribution in [0.5, 0.6) is 0 Å². The fourth-order valence-electron chi connectivity index (χ4n) is 2.48. The first kappa shape index (κ1) is 16.3. The number of aryl methyl sites for hydroxylation is 1. The average Bonchev–Trinajstić information content (AvgIpc) is 3.27. The first-order valence-corrected chi connectivity index (χ1v) is 7.81. The van der Waals surface area contributed by atoms with Crippen LogP contribution in [0.25, 0.3) is 5.69 Å². The molecule has 2 heterocycles. The maximum absolute atomic E-state index is 11.8. The second-order valence-electron chi connectivity index (χ2n) is 5.40. The number of nitrogens with two attached hydrogens (primary N) is 1. The first-order chi connectivity index (χ1) is 12.2. The minimum Gasteiger partial charge on any atom is -0.382 e. The van der Waals surface area contributed by atoms with Gasteiger partial charge in [0.2, 0.25) is 0 Å². The summed E-state index contributed by atoms with van der Waals surface area (Å²) in [6.45, 7) is 0.459. The molecule has 0 unspecified atom stereocenters. The number of para-hydroxylation sites is 1. The van der Waals surface area contributed by atoms with Crippen LogP contribution < -0.4 is 11.1 Å². The number of hydrogen-bond acceptors (Lipinski definition) is 5. The molecule has 2 aromatic heterocycles. The van der Waals surface area contributed by atoms with E-state index in [0.29, 0.717) is 42.2 Å². The molecule has 0 radical (unpaired) electrons. The number of carbonyl (C=O) groups is 1. The van der Waals surface area contributed by atoms with Gasteiger partial charge in [0.05, 0.1) is 11.4 Å². The highest BCUT2D eigenvalue weighted by Crippen LogP contribution is 2.21. The van der Waals surface area contributed by atoms with E-state index < -0.39 is 0 Å². The molecule has 8 heteroatoms. The van der Waals surface area contributed by atoms with Crippen LogP contribution in [0.1, 0.15) is 28.2 Å². The van der Waals surface area contributed by atoms with Crippen LogP contribution in [0.3, 0.4) is 0 Å². The SMILES string of the molecule is N#Cc1c(CCCNC(=O)c2ccn[nH]2)nn(-c2ccccc2)c1N. The van der Waals surface area contributed by atoms with E-state index in [1.807, 2.05) is 30.3 Å². The van der Waals surface area contributed by atoms with Gasteiger partial charge < -0.3 is 11.1 Å². The van der Waals surface area contributed by atoms with Gasteiger partial charge in [0, 0.05) is 12.7 Å². The molecule has 0 saturated heterocycles. The molecule has 126 valence electrons. The van der Waals surface area contributed by atoms with E-state index in [0.717, 1.165) is 5.69 Å². The summed E-state index contributed by atoms with van der Waals surface area (Å²) in [5.41, 5.74) is 8.28. The van der Waals surface area contributed by atoms with Gasteiger partial charge in [-0.3, -0.25) is 9.89 Å². The zero-order chi connectivity index (χ0) is 17.6. The van der Waals surface area contributed by atoms with Crippen LogP contribution in [-0.2, 0) is 6.42 Å². The number of rotatable bonds is 6. The molecule has 0 bridgehead atoms. The number of carbonyl (C=O) groups excluding carboxylic acids is 1. The number of nitrogens with zero attached hydrogens (tertiary/aromatic N) is 4. The van der Waals surface area contributed by atoms with Crippen molar-refractivity contribution in [1.29, 1.82) is 5.26 Å². The molecule has 0 spiro atoms. The molecular weight excluding hydrogens is 318 g/mol. The van der Waals surface area contributed by atoms with Gasteiger partial charge in [-0.05, 0) is 31.0 Å². The summed E-state index contributed by atoms with van der Waals surface area (Å²) < 4.78 is 1.57. The van der Waals surface area contributed by atoms with E-state index in [4.69, 9.17) is 5.73 Å². The Balaban J connectivity index is 1.65. The van der Waals surface area contributed by atoms with Crippen molar-refractivity contribution in [2.45, 2.75) is 12.8 Å². The van der Waals surface area contributed by atoms with Crippen LogP contribution in [0, 0.1) is 11.3 Å². The predicted octanol–water partition coefficient (Wildman–Crippen LogP) is 1.41. The Morgan fingerprint density at radius 2 is 2.12 bits per heavy atom. The first-order valence-electron chi connectivity index (χ1n) is 7.81. The van der Waals surface area contributed by atoms with Gasteiger partial charge >= 0.3 is 0 Å². The van der Waals surface area contributed by atoms with Crippen LogP contribution in [0.15, 0.2) is 42.6 Å². The lowest BCUT2D eigenvalue weighted by atomic mass is 10.1. The van der Waals surface area contributed by atoms with E-state index in [9.17, 15) is 10.1 Å². The molecule has 3 rings (SSSR count). The second-order valence-corrected chi connectivity index (χ2v) is 5.40. The molecule has 25 heavy (non-hydrogen) atoms. The maximum Gasteiger partial charge on any atom is 0.269 e. The third-order valence-electron chi connectivity index (χ3n) is 3.73. The van der Waals surface area contributed by atoms with Crippen molar-refractivity contribution >= 4 is 11.7 Å². The molecule has 0 saturated carbocycles. The van der Waals surface area contributed by atoms with E-state index in [1.165, 1.54) is 6.20 Å². The Kier molecular flexibility index (Phi) is 4.76. The number of aromatic amines is 1. The third-order valence-corrected chi connectivity index (χ3v) is 3.73. The highest BCUT2D eigenvalue weighted by Gasteiger charge is 2.16. The van der Waals surface area contributed by atoms with E-state index in [2.05, 4.69) is 26.7 Å². The molecule has 8 nitrogen and oxygen atoms in total. The number of nitrogens with one attached hydrogen (secondary N) is 2. The van der Waals surface area contributed by atoms with Crippen LogP contribution in [-0.4, -0.2) is 32.4 Å². The zero-order valence-corrected chi connectivity index (χ0v) is 13.4. The van der Waals surface area contributed by atoms with Crippen molar-refractivity contribution < 1.29 is 4.79 Å². The van der Waals surface area contributed by atoms with Gasteiger partial charge in [0.1, 0.15) is 23.1 Å². The molecular formula is C17H17N7O. The monoisotopic (exact) mass is 335 g/mol. The minimum absolute atomic E-state index is 0.215. The Hall–Kier alpha value is -3.60. The summed E-state index contributed by atoms with van der Waals surface area (Å²) in [5.74, 6) is 0.109. The van der Waals surface area contributed by atoms with Crippen molar-refractivity contribution in [2.24, 2.45) is 0 Å². The summed E-state index contributed by atoms with van der Waals surface area (Å²) in [6, 6.07) is 13.1. The summed E-state index contributed by atoms with van der Waals surface area (Å²) in [4.78, 5) is 11.8. The summed E-state index contributed by atoms with van der Waals surface area (Å²) >= 11 is 0. The van der Waals surface area contributed by atoms with Gasteiger partial charge in [0.25, 0.3) is 5.91 Å². The number of aromatic nitrogens is 4. The van der Waals surface area contributed by atoms with Gasteiger partial charge in [-0.25, -0.2) is 4.68 Å². The standard InChI is InChI=1S/C17H17N7O/c18-11-13-14(7-4-9-20-17(25)15-8-10-21-22-15)23-24(16(13)19)12-5-2-1-3-6-12/h1-3,5-6,8,10H,4,7,9,19H2,(H,20,25)(H,21,22). The normalized spacial score (nSPS) is 10.4. The quantitative estimate of drug-likeness (QED) is 0.587. The van der Waals surface area contributed by atoms with Gasteiger partial charge in [-0.15, -0.1) is 0 Å². The highest BCUT2D eigenvalue weighted by atomic mass is 16.1. The molecule has 0 fully saturated rings. The largest absolute Gasteiger partial charge is 0.382 e. The summed E-state index contributed by atoms with van der Waals surface area (Å²) in [6.07, 6.45) is 2.70. The van der Waals surface area contributed by atoms with E-state index in [-0.39, 0.29) is 5.91 Å². The summed E-state index contributed by atoms with van der Waals surface area (Å²) in [7, 11) is 0. The Morgan fingerprint density at radius 1 is 1.32 bits per heavy atom. The molecule has 0 atom stereocenters. The fraction of sp³-hybridized carbons (Fsp3) is 0.176. The molecule has 1 aromatic carbocycles. The Morgan fingerprint density at radius 3 is 2.80 bits per heavy atom. The molecule has 0 aliphatic carbocycles. The van der Waals surface area contributed by atoms with E-state index >= 15 is 0 Å². The third kappa shape index (κ3) is 3.50. The number of hydrogen-bond donors (Lipinski definition) is 3. The number of anilines is 1. The van der Waals surface area contributed by atoms with Gasteiger partial charge in [0.15, 0.2) is 0 Å². The molecule has 3 aromatic rings. The molecule has 0 aliphatic heterocycles. The number of nitriles is 1. The number of amides is 1. The molecule has 0 aliphatic rings. The number of H-pyrrole nitrogens is 1. The van der Waals surface area contributed by atoms with Crippen molar-refractivity contribution in [3.05, 3.63) is 59.5 Å². The number of nitrogen functional groups attached to an aromatic ring is 1. The van der Waals surface area contributed by atoms with Gasteiger partial charge in [-0.2, -0.15) is 15.5 Å². The van der Waals surface area contributed by atoms with E-state index in [1.54, 1.807) is 10.7 Å². The molecule has 1 amide bonds. The lowest BCUT2D eigenvalue weighted by Crippen LogP contribution is -2.25. The van der Waals surface area contributed by atoms with Crippen molar-refractivity contribution in [2.75, 3.05) is 12.3 Å². The zero-order valence-electron chi connectivity index (χ0n) is 13.4. The smallest absolute Gasteiger partial charge is 0.269 e. The van der Waals surface area contributed by atoms with Crippen LogP contribution in [0.4, 0.5) is 5.82 Å². The van der Waals surface area contributed by atoms with Crippen molar-refractivity contribution in [1.82, 2.24) is 25.3 Å². The maximum atomic E-state index is 11.8. The average molecular weight is 335 g/mol. The minimum atomic E-state index is -0.215. The van der Waals surface area contributed by atoms with Gasteiger partial charge in [-0.1, -0.05) is 18.2 Å². The van der Waals surface area contributed by atoms with Crippen molar-refractivity contribution in [3.8, 4) is 11.8 Å². The lowest BCUT2D eigenvalue weighted by Gasteiger charge is -2.03. The van der Waals surface area contributed by atoms with Crippen LogP contribution >= 0.6 is 0 Å². The second kappa shape index (κ2) is 7.31. The lowest BCUT2D eigenvalue weighted by molar-refractivity contribution is 0.0948. The van der Waals surface area contributed by atoms with Crippen molar-refractivity contribution in [3.63, 3.8) is 0 Å². The Bertz CT molecular complexity index is 891.